The maximum Gasteiger partial charge on any atom is 0.306 e. The van der Waals surface area contributed by atoms with E-state index >= 15 is 0 Å². The van der Waals surface area contributed by atoms with Gasteiger partial charge in [0.1, 0.15) is 5.60 Å². The first-order valence-corrected chi connectivity index (χ1v) is 5.22. The predicted molar refractivity (Wildman–Crippen MR) is 56.3 cm³/mol. The van der Waals surface area contributed by atoms with Crippen molar-refractivity contribution in [1.82, 2.24) is 0 Å². The van der Waals surface area contributed by atoms with Crippen LogP contribution in [0.2, 0.25) is 0 Å². The molecule has 0 aromatic carbocycles. The highest BCUT2D eigenvalue weighted by molar-refractivity contribution is 5.72. The Labute approximate surface area is 90.9 Å². The van der Waals surface area contributed by atoms with Crippen molar-refractivity contribution in [2.24, 2.45) is 0 Å². The summed E-state index contributed by atoms with van der Waals surface area (Å²) in [6.45, 7) is 7.58. The van der Waals surface area contributed by atoms with E-state index in [0.29, 0.717) is 13.0 Å². The van der Waals surface area contributed by atoms with Crippen molar-refractivity contribution >= 4 is 11.9 Å². The molecule has 0 aliphatic carbocycles. The van der Waals surface area contributed by atoms with Crippen molar-refractivity contribution < 1.29 is 19.1 Å². The Balaban J connectivity index is 3.60. The molecule has 0 aromatic heterocycles. The third-order valence-electron chi connectivity index (χ3n) is 1.49. The van der Waals surface area contributed by atoms with Crippen molar-refractivity contribution in [2.45, 2.75) is 52.6 Å². The standard InChI is InChI=1S/C11H20O4/c1-5-14-9(12)7-6-8-10(13)15-11(2,3)4/h5-8H2,1-4H3. The molecule has 0 amide bonds. The molecule has 0 bridgehead atoms. The topological polar surface area (TPSA) is 52.6 Å². The molecule has 0 saturated carbocycles. The molecule has 0 aliphatic rings. The lowest BCUT2D eigenvalue weighted by Crippen LogP contribution is -2.23. The van der Waals surface area contributed by atoms with Gasteiger partial charge >= 0.3 is 11.9 Å². The van der Waals surface area contributed by atoms with Crippen molar-refractivity contribution in [3.63, 3.8) is 0 Å². The van der Waals surface area contributed by atoms with Gasteiger partial charge in [0.25, 0.3) is 0 Å². The molecular weight excluding hydrogens is 196 g/mol. The van der Waals surface area contributed by atoms with E-state index in [1.54, 1.807) is 6.92 Å². The van der Waals surface area contributed by atoms with Gasteiger partial charge in [0.05, 0.1) is 6.61 Å². The summed E-state index contributed by atoms with van der Waals surface area (Å²) in [6, 6.07) is 0. The SMILES string of the molecule is CCOC(=O)CCCC(=O)OC(C)(C)C. The Kier molecular flexibility index (Phi) is 5.97. The maximum atomic E-state index is 11.2. The lowest BCUT2D eigenvalue weighted by molar-refractivity contribution is -0.155. The van der Waals surface area contributed by atoms with Crippen LogP contribution in [0.3, 0.4) is 0 Å². The van der Waals surface area contributed by atoms with Crippen molar-refractivity contribution in [3.8, 4) is 0 Å². The molecule has 0 heterocycles. The number of esters is 2. The number of ether oxygens (including phenoxy) is 2. The molecule has 0 radical (unpaired) electrons. The predicted octanol–water partition coefficient (Wildman–Crippen LogP) is 2.06. The molecule has 0 N–H and O–H groups in total. The molecule has 0 saturated heterocycles. The van der Waals surface area contributed by atoms with E-state index in [0.717, 1.165) is 0 Å². The third-order valence-corrected chi connectivity index (χ3v) is 1.49. The van der Waals surface area contributed by atoms with E-state index < -0.39 is 5.60 Å². The first kappa shape index (κ1) is 13.9. The van der Waals surface area contributed by atoms with Gasteiger partial charge < -0.3 is 9.47 Å². The number of hydrogen-bond donors (Lipinski definition) is 0. The lowest BCUT2D eigenvalue weighted by Gasteiger charge is -2.19. The summed E-state index contributed by atoms with van der Waals surface area (Å²) in [5.41, 5.74) is -0.457. The minimum Gasteiger partial charge on any atom is -0.466 e. The molecule has 88 valence electrons. The fourth-order valence-electron chi connectivity index (χ4n) is 1.00. The Morgan fingerprint density at radius 2 is 1.60 bits per heavy atom. The van der Waals surface area contributed by atoms with Crippen molar-refractivity contribution in [1.29, 1.82) is 0 Å². The van der Waals surface area contributed by atoms with Crippen molar-refractivity contribution in [3.05, 3.63) is 0 Å². The first-order chi connectivity index (χ1) is 6.85. The molecular formula is C11H20O4. The summed E-state index contributed by atoms with van der Waals surface area (Å²) >= 11 is 0. The summed E-state index contributed by atoms with van der Waals surface area (Å²) < 4.78 is 9.82. The van der Waals surface area contributed by atoms with E-state index in [9.17, 15) is 9.59 Å². The van der Waals surface area contributed by atoms with Crippen LogP contribution >= 0.6 is 0 Å². The average Bonchev–Trinajstić information content (AvgIpc) is 2.00. The van der Waals surface area contributed by atoms with Gasteiger partial charge in [0, 0.05) is 12.8 Å². The van der Waals surface area contributed by atoms with Gasteiger partial charge in [-0.25, -0.2) is 0 Å². The smallest absolute Gasteiger partial charge is 0.306 e. The summed E-state index contributed by atoms with van der Waals surface area (Å²) in [6.07, 6.45) is 1.01. The third kappa shape index (κ3) is 9.25. The summed E-state index contributed by atoms with van der Waals surface area (Å²) in [4.78, 5) is 22.2. The minimum atomic E-state index is -0.457. The molecule has 15 heavy (non-hydrogen) atoms. The van der Waals surface area contributed by atoms with E-state index in [-0.39, 0.29) is 24.8 Å². The Hall–Kier alpha value is -1.06. The zero-order valence-corrected chi connectivity index (χ0v) is 9.96. The van der Waals surface area contributed by atoms with E-state index in [1.807, 2.05) is 20.8 Å². The van der Waals surface area contributed by atoms with E-state index in [2.05, 4.69) is 0 Å². The average molecular weight is 216 g/mol. The van der Waals surface area contributed by atoms with Gasteiger partial charge in [0.2, 0.25) is 0 Å². The highest BCUT2D eigenvalue weighted by Crippen LogP contribution is 2.09. The summed E-state index contributed by atoms with van der Waals surface area (Å²) in [5.74, 6) is -0.534. The van der Waals surface area contributed by atoms with E-state index in [1.165, 1.54) is 0 Å². The Morgan fingerprint density at radius 1 is 1.07 bits per heavy atom. The quantitative estimate of drug-likeness (QED) is 0.660. The highest BCUT2D eigenvalue weighted by atomic mass is 16.6. The zero-order chi connectivity index (χ0) is 11.9. The van der Waals surface area contributed by atoms with Gasteiger partial charge in [-0.05, 0) is 34.1 Å². The normalized spacial score (nSPS) is 10.9. The largest absolute Gasteiger partial charge is 0.466 e. The minimum absolute atomic E-state index is 0.260. The van der Waals surface area contributed by atoms with Crippen LogP contribution in [-0.2, 0) is 19.1 Å². The fourth-order valence-corrected chi connectivity index (χ4v) is 1.00. The van der Waals surface area contributed by atoms with Crippen LogP contribution in [0.4, 0.5) is 0 Å². The molecule has 0 fully saturated rings. The van der Waals surface area contributed by atoms with Crippen LogP contribution in [0, 0.1) is 0 Å². The second-order valence-corrected chi connectivity index (χ2v) is 4.25. The molecule has 4 nitrogen and oxygen atoms in total. The molecule has 0 unspecified atom stereocenters. The summed E-state index contributed by atoms with van der Waals surface area (Å²) in [5, 5.41) is 0. The molecule has 0 aromatic rings. The van der Waals surface area contributed by atoms with Crippen LogP contribution in [0.1, 0.15) is 47.0 Å². The van der Waals surface area contributed by atoms with Gasteiger partial charge in [-0.3, -0.25) is 9.59 Å². The Morgan fingerprint density at radius 3 is 2.07 bits per heavy atom. The first-order valence-electron chi connectivity index (χ1n) is 5.22. The van der Waals surface area contributed by atoms with Crippen LogP contribution in [0.15, 0.2) is 0 Å². The van der Waals surface area contributed by atoms with Crippen LogP contribution in [-0.4, -0.2) is 24.1 Å². The fraction of sp³-hybridized carbons (Fsp3) is 0.818. The second-order valence-electron chi connectivity index (χ2n) is 4.25. The number of rotatable bonds is 5. The van der Waals surface area contributed by atoms with E-state index in [4.69, 9.17) is 9.47 Å². The van der Waals surface area contributed by atoms with Gasteiger partial charge in [-0.2, -0.15) is 0 Å². The van der Waals surface area contributed by atoms with Crippen LogP contribution in [0.25, 0.3) is 0 Å². The van der Waals surface area contributed by atoms with Crippen molar-refractivity contribution in [2.75, 3.05) is 6.61 Å². The monoisotopic (exact) mass is 216 g/mol. The number of hydrogen-bond acceptors (Lipinski definition) is 4. The molecule has 0 spiro atoms. The van der Waals surface area contributed by atoms with Crippen LogP contribution < -0.4 is 0 Å². The molecule has 0 aliphatic heterocycles. The molecule has 0 rings (SSSR count). The summed E-state index contributed by atoms with van der Waals surface area (Å²) in [7, 11) is 0. The highest BCUT2D eigenvalue weighted by Gasteiger charge is 2.16. The van der Waals surface area contributed by atoms with Gasteiger partial charge in [-0.15, -0.1) is 0 Å². The molecule has 0 atom stereocenters. The number of carbonyl (C=O) groups excluding carboxylic acids is 2. The Bertz CT molecular complexity index is 215. The van der Waals surface area contributed by atoms with Crippen LogP contribution in [0.5, 0.6) is 0 Å². The maximum absolute atomic E-state index is 11.2. The van der Waals surface area contributed by atoms with Gasteiger partial charge in [0.15, 0.2) is 0 Å². The lowest BCUT2D eigenvalue weighted by atomic mass is 10.2. The second kappa shape index (κ2) is 6.43. The molecule has 4 heteroatoms. The number of carbonyl (C=O) groups is 2. The van der Waals surface area contributed by atoms with Gasteiger partial charge in [-0.1, -0.05) is 0 Å². The zero-order valence-electron chi connectivity index (χ0n) is 9.96.